The van der Waals surface area contributed by atoms with E-state index in [4.69, 9.17) is 14.2 Å². The number of hydrogen-bond donors (Lipinski definition) is 2. The van der Waals surface area contributed by atoms with Crippen molar-refractivity contribution in [3.63, 3.8) is 0 Å². The quantitative estimate of drug-likeness (QED) is 0.710. The molecule has 22 heavy (non-hydrogen) atoms. The number of carbonyl (C=O) groups is 2. The highest BCUT2D eigenvalue weighted by molar-refractivity contribution is 5.75. The Hall–Kier alpha value is -1.34. The molecule has 2 aliphatic rings. The van der Waals surface area contributed by atoms with Gasteiger partial charge in [0.15, 0.2) is 6.10 Å². The Morgan fingerprint density at radius 1 is 1.41 bits per heavy atom. The topological polar surface area (TPSA) is 94.1 Å². The van der Waals surface area contributed by atoms with Gasteiger partial charge in [0.1, 0.15) is 6.10 Å². The average Bonchev–Trinajstić information content (AvgIpc) is 2.86. The highest BCUT2D eigenvalue weighted by Gasteiger charge is 2.53. The van der Waals surface area contributed by atoms with Crippen molar-refractivity contribution in [1.82, 2.24) is 5.32 Å². The molecule has 0 radical (unpaired) electrons. The molecule has 1 amide bonds. The van der Waals surface area contributed by atoms with E-state index in [1.807, 2.05) is 13.8 Å². The van der Waals surface area contributed by atoms with Gasteiger partial charge in [0, 0.05) is 0 Å². The summed E-state index contributed by atoms with van der Waals surface area (Å²) in [4.78, 5) is 23.6. The van der Waals surface area contributed by atoms with Gasteiger partial charge in [0.2, 0.25) is 0 Å². The first-order valence-electron chi connectivity index (χ1n) is 7.99. The molecule has 0 aromatic rings. The van der Waals surface area contributed by atoms with Crippen molar-refractivity contribution >= 4 is 12.1 Å². The predicted octanol–water partition coefficient (Wildman–Crippen LogP) is 0.981. The molecule has 1 aliphatic heterocycles. The number of amides is 1. The van der Waals surface area contributed by atoms with Gasteiger partial charge < -0.3 is 24.6 Å². The summed E-state index contributed by atoms with van der Waals surface area (Å²) in [5, 5.41) is 13.2. The highest BCUT2D eigenvalue weighted by Crippen LogP contribution is 2.34. The molecular formula is C15H25NO6. The van der Waals surface area contributed by atoms with E-state index in [1.54, 1.807) is 6.92 Å². The van der Waals surface area contributed by atoms with Gasteiger partial charge in [-0.3, -0.25) is 4.79 Å². The van der Waals surface area contributed by atoms with Crippen LogP contribution in [0.4, 0.5) is 4.79 Å². The number of fused-ring (bicyclic) bond motifs is 1. The van der Waals surface area contributed by atoms with Gasteiger partial charge in [0.25, 0.3) is 0 Å². The number of carbonyl (C=O) groups excluding carboxylic acids is 2. The largest absolute Gasteiger partial charge is 0.466 e. The molecule has 1 aliphatic carbocycles. The van der Waals surface area contributed by atoms with Crippen molar-refractivity contribution in [2.45, 2.75) is 70.5 Å². The SMILES string of the molecule is CCOC(=O)C1CC2NC(=O)OC2C(OC(CC)CC)C1O. The number of aliphatic hydroxyl groups excluding tert-OH is 1. The van der Waals surface area contributed by atoms with Crippen molar-refractivity contribution in [3.8, 4) is 0 Å². The van der Waals surface area contributed by atoms with Gasteiger partial charge in [0.05, 0.1) is 30.8 Å². The molecule has 0 aromatic heterocycles. The molecule has 2 N–H and O–H groups in total. The molecule has 1 saturated heterocycles. The van der Waals surface area contributed by atoms with Crippen LogP contribution in [0, 0.1) is 5.92 Å². The number of esters is 1. The van der Waals surface area contributed by atoms with Crippen molar-refractivity contribution < 1.29 is 28.9 Å². The Morgan fingerprint density at radius 2 is 2.09 bits per heavy atom. The van der Waals surface area contributed by atoms with Gasteiger partial charge in [-0.05, 0) is 26.2 Å². The maximum Gasteiger partial charge on any atom is 0.407 e. The fourth-order valence-electron chi connectivity index (χ4n) is 3.14. The number of alkyl carbamates (subject to hydrolysis) is 1. The van der Waals surface area contributed by atoms with Crippen LogP contribution in [0.1, 0.15) is 40.0 Å². The van der Waals surface area contributed by atoms with E-state index < -0.39 is 36.3 Å². The first-order chi connectivity index (χ1) is 10.5. The molecule has 7 nitrogen and oxygen atoms in total. The third-order valence-corrected chi connectivity index (χ3v) is 4.37. The second-order valence-corrected chi connectivity index (χ2v) is 5.74. The number of nitrogens with one attached hydrogen (secondary N) is 1. The second-order valence-electron chi connectivity index (χ2n) is 5.74. The monoisotopic (exact) mass is 315 g/mol. The smallest absolute Gasteiger partial charge is 0.407 e. The maximum absolute atomic E-state index is 12.1. The van der Waals surface area contributed by atoms with Crippen LogP contribution >= 0.6 is 0 Å². The molecule has 5 atom stereocenters. The van der Waals surface area contributed by atoms with Crippen molar-refractivity contribution in [2.24, 2.45) is 5.92 Å². The summed E-state index contributed by atoms with van der Waals surface area (Å²) >= 11 is 0. The van der Waals surface area contributed by atoms with Crippen LogP contribution in [0.5, 0.6) is 0 Å². The molecule has 0 aromatic carbocycles. The van der Waals surface area contributed by atoms with Crippen LogP contribution in [0.25, 0.3) is 0 Å². The molecule has 0 spiro atoms. The zero-order valence-electron chi connectivity index (χ0n) is 13.3. The number of ether oxygens (including phenoxy) is 3. The fraction of sp³-hybridized carbons (Fsp3) is 0.867. The van der Waals surface area contributed by atoms with Crippen LogP contribution in [0.2, 0.25) is 0 Å². The molecule has 126 valence electrons. The van der Waals surface area contributed by atoms with Crippen LogP contribution in [-0.2, 0) is 19.0 Å². The van der Waals surface area contributed by atoms with E-state index >= 15 is 0 Å². The lowest BCUT2D eigenvalue weighted by molar-refractivity contribution is -0.181. The summed E-state index contributed by atoms with van der Waals surface area (Å²) in [5.41, 5.74) is 0. The molecule has 2 rings (SSSR count). The third-order valence-electron chi connectivity index (χ3n) is 4.37. The lowest BCUT2D eigenvalue weighted by Crippen LogP contribution is -2.58. The molecule has 1 saturated carbocycles. The Kier molecular flexibility index (Phi) is 5.63. The minimum atomic E-state index is -1.05. The Morgan fingerprint density at radius 3 is 2.68 bits per heavy atom. The third kappa shape index (κ3) is 3.35. The molecule has 2 fully saturated rings. The highest BCUT2D eigenvalue weighted by atomic mass is 16.6. The van der Waals surface area contributed by atoms with E-state index in [0.29, 0.717) is 6.42 Å². The summed E-state index contributed by atoms with van der Waals surface area (Å²) in [6, 6.07) is -0.343. The van der Waals surface area contributed by atoms with Gasteiger partial charge in [-0.2, -0.15) is 0 Å². The molecule has 5 unspecified atom stereocenters. The summed E-state index contributed by atoms with van der Waals surface area (Å²) in [7, 11) is 0. The van der Waals surface area contributed by atoms with Crippen molar-refractivity contribution in [1.29, 1.82) is 0 Å². The normalized spacial score (nSPS) is 34.0. The first kappa shape index (κ1) is 17.0. The summed E-state index contributed by atoms with van der Waals surface area (Å²) in [6.07, 6.45) is -1.09. The molecular weight excluding hydrogens is 290 g/mol. The van der Waals surface area contributed by atoms with Gasteiger partial charge in [-0.15, -0.1) is 0 Å². The van der Waals surface area contributed by atoms with Gasteiger partial charge in [-0.1, -0.05) is 13.8 Å². The molecule has 1 heterocycles. The van der Waals surface area contributed by atoms with E-state index in [0.717, 1.165) is 12.8 Å². The van der Waals surface area contributed by atoms with E-state index in [-0.39, 0.29) is 18.8 Å². The average molecular weight is 315 g/mol. The Labute approximate surface area is 130 Å². The second kappa shape index (κ2) is 7.28. The zero-order valence-corrected chi connectivity index (χ0v) is 13.3. The summed E-state index contributed by atoms with van der Waals surface area (Å²) in [6.45, 7) is 5.94. The minimum Gasteiger partial charge on any atom is -0.466 e. The van der Waals surface area contributed by atoms with Gasteiger partial charge >= 0.3 is 12.1 Å². The van der Waals surface area contributed by atoms with Crippen LogP contribution in [0.15, 0.2) is 0 Å². The van der Waals surface area contributed by atoms with E-state index in [1.165, 1.54) is 0 Å². The van der Waals surface area contributed by atoms with Crippen LogP contribution < -0.4 is 5.32 Å². The van der Waals surface area contributed by atoms with Crippen molar-refractivity contribution in [3.05, 3.63) is 0 Å². The Bertz CT molecular complexity index is 411. The standard InChI is InChI=1S/C15H25NO6/c1-4-8(5-2)21-13-11(17)9(14(18)20-6-3)7-10-12(13)22-15(19)16-10/h8-13,17H,4-7H2,1-3H3,(H,16,19). The maximum atomic E-state index is 12.1. The lowest BCUT2D eigenvalue weighted by atomic mass is 9.79. The van der Waals surface area contributed by atoms with Crippen molar-refractivity contribution in [2.75, 3.05) is 6.61 Å². The van der Waals surface area contributed by atoms with Crippen LogP contribution in [-0.4, -0.2) is 54.2 Å². The first-order valence-corrected chi connectivity index (χ1v) is 7.99. The number of aliphatic hydroxyl groups is 1. The minimum absolute atomic E-state index is 0.0550. The summed E-state index contributed by atoms with van der Waals surface area (Å²) in [5.74, 6) is -1.18. The van der Waals surface area contributed by atoms with E-state index in [9.17, 15) is 14.7 Å². The Balaban J connectivity index is 2.18. The van der Waals surface area contributed by atoms with E-state index in [2.05, 4.69) is 5.32 Å². The molecule has 0 bridgehead atoms. The summed E-state index contributed by atoms with van der Waals surface area (Å²) < 4.78 is 16.2. The number of hydrogen-bond acceptors (Lipinski definition) is 6. The predicted molar refractivity (Wildman–Crippen MR) is 77.2 cm³/mol. The molecule has 7 heteroatoms. The fourth-order valence-corrected chi connectivity index (χ4v) is 3.14. The van der Waals surface area contributed by atoms with Crippen LogP contribution in [0.3, 0.4) is 0 Å². The lowest BCUT2D eigenvalue weighted by Gasteiger charge is -2.40. The number of rotatable bonds is 6. The van der Waals surface area contributed by atoms with Gasteiger partial charge in [-0.25, -0.2) is 4.79 Å². The zero-order chi connectivity index (χ0) is 16.3.